The maximum Gasteiger partial charge on any atom is 0.350 e. The summed E-state index contributed by atoms with van der Waals surface area (Å²) in [4.78, 5) is 44.2. The van der Waals surface area contributed by atoms with Gasteiger partial charge in [0.1, 0.15) is 34.3 Å². The quantitative estimate of drug-likeness (QED) is 0.242. The molecule has 8 nitrogen and oxygen atoms in total. The molecule has 0 spiro atoms. The van der Waals surface area contributed by atoms with Crippen LogP contribution in [-0.2, 0) is 20.7 Å². The predicted octanol–water partition coefficient (Wildman–Crippen LogP) is 4.33. The Balaban J connectivity index is 1.70. The van der Waals surface area contributed by atoms with Gasteiger partial charge in [0.05, 0.1) is 18.4 Å². The molecule has 1 amide bonds. The molecule has 1 aromatic heterocycles. The fourth-order valence-corrected chi connectivity index (χ4v) is 5.52. The van der Waals surface area contributed by atoms with Crippen molar-refractivity contribution >= 4 is 39.9 Å². The summed E-state index contributed by atoms with van der Waals surface area (Å²) in [5, 5.41) is 11.3. The number of aliphatic hydroxyl groups is 1. The van der Waals surface area contributed by atoms with Crippen LogP contribution in [0.25, 0.3) is 5.76 Å². The number of nitrogens with zero attached hydrogens (tertiary/aromatic N) is 2. The second-order valence-corrected chi connectivity index (χ2v) is 9.53. The fourth-order valence-electron chi connectivity index (χ4n) is 4.51. The van der Waals surface area contributed by atoms with E-state index in [9.17, 15) is 19.5 Å². The first kappa shape index (κ1) is 23.7. The van der Waals surface area contributed by atoms with Crippen LogP contribution < -0.4 is 9.64 Å². The highest BCUT2D eigenvalue weighted by Crippen LogP contribution is 2.45. The highest BCUT2D eigenvalue weighted by atomic mass is 32.1. The van der Waals surface area contributed by atoms with Gasteiger partial charge in [-0.05, 0) is 43.7 Å². The Kier molecular flexibility index (Phi) is 5.83. The molecule has 2 aromatic carbocycles. The molecule has 2 unspecified atom stereocenters. The van der Waals surface area contributed by atoms with Gasteiger partial charge in [-0.2, -0.15) is 0 Å². The van der Waals surface area contributed by atoms with E-state index < -0.39 is 35.3 Å². The average molecular weight is 509 g/mol. The smallest absolute Gasteiger partial charge is 0.350 e. The van der Waals surface area contributed by atoms with Crippen molar-refractivity contribution in [1.82, 2.24) is 4.98 Å². The third-order valence-electron chi connectivity index (χ3n) is 6.18. The van der Waals surface area contributed by atoms with E-state index in [1.54, 1.807) is 31.2 Å². The monoisotopic (exact) mass is 508 g/mol. The van der Waals surface area contributed by atoms with Crippen molar-refractivity contribution in [2.45, 2.75) is 32.4 Å². The number of aromatic nitrogens is 1. The number of methoxy groups -OCH3 is 1. The molecule has 0 radical (unpaired) electrons. The lowest BCUT2D eigenvalue weighted by Crippen LogP contribution is -2.29. The number of ketones is 1. The second kappa shape index (κ2) is 8.87. The van der Waals surface area contributed by atoms with E-state index >= 15 is 4.39 Å². The van der Waals surface area contributed by atoms with Crippen LogP contribution in [0.1, 0.15) is 45.0 Å². The number of amides is 1. The Morgan fingerprint density at radius 1 is 1.25 bits per heavy atom. The molecule has 1 N–H and O–H groups in total. The molecule has 2 aliphatic heterocycles. The van der Waals surface area contributed by atoms with Crippen LogP contribution in [-0.4, -0.2) is 41.0 Å². The summed E-state index contributed by atoms with van der Waals surface area (Å²) in [5.41, 5.74) is 1.18. The van der Waals surface area contributed by atoms with Crippen LogP contribution in [0.15, 0.2) is 48.0 Å². The zero-order valence-corrected chi connectivity index (χ0v) is 20.4. The molecule has 3 heterocycles. The summed E-state index contributed by atoms with van der Waals surface area (Å²) in [6.45, 7) is 3.48. The first-order valence-electron chi connectivity index (χ1n) is 11.1. The third-order valence-corrected chi connectivity index (χ3v) is 7.31. The van der Waals surface area contributed by atoms with E-state index in [4.69, 9.17) is 9.47 Å². The number of hydrogen-bond acceptors (Lipinski definition) is 8. The van der Waals surface area contributed by atoms with Crippen molar-refractivity contribution in [2.75, 3.05) is 12.0 Å². The topological polar surface area (TPSA) is 106 Å². The van der Waals surface area contributed by atoms with Crippen LogP contribution in [0.5, 0.6) is 5.75 Å². The number of halogens is 1. The van der Waals surface area contributed by atoms with Crippen molar-refractivity contribution in [1.29, 1.82) is 0 Å². The largest absolute Gasteiger partial charge is 0.507 e. The minimum Gasteiger partial charge on any atom is -0.507 e. The van der Waals surface area contributed by atoms with E-state index in [1.165, 1.54) is 25.3 Å². The van der Waals surface area contributed by atoms with Crippen LogP contribution in [0.4, 0.5) is 9.52 Å². The van der Waals surface area contributed by atoms with Crippen molar-refractivity contribution in [2.24, 2.45) is 0 Å². The zero-order chi connectivity index (χ0) is 25.7. The maximum atomic E-state index is 15.1. The molecule has 3 aromatic rings. The number of carbonyl (C=O) groups is 3. The Morgan fingerprint density at radius 2 is 2.00 bits per heavy atom. The van der Waals surface area contributed by atoms with E-state index in [-0.39, 0.29) is 27.2 Å². The maximum absolute atomic E-state index is 15.1. The summed E-state index contributed by atoms with van der Waals surface area (Å²) in [6, 6.07) is 9.36. The normalized spacial score (nSPS) is 20.4. The van der Waals surface area contributed by atoms with Crippen LogP contribution >= 0.6 is 11.3 Å². The van der Waals surface area contributed by atoms with E-state index in [0.29, 0.717) is 23.4 Å². The van der Waals surface area contributed by atoms with Gasteiger partial charge in [0.15, 0.2) is 5.13 Å². The minimum atomic E-state index is -1.30. The predicted molar refractivity (Wildman–Crippen MR) is 130 cm³/mol. The minimum absolute atomic E-state index is 0.00355. The summed E-state index contributed by atoms with van der Waals surface area (Å²) < 4.78 is 25.5. The van der Waals surface area contributed by atoms with Crippen molar-refractivity contribution in [3.05, 3.63) is 81.1 Å². The molecule has 0 bridgehead atoms. The molecule has 1 saturated heterocycles. The van der Waals surface area contributed by atoms with Gasteiger partial charge in [-0.15, -0.1) is 0 Å². The number of Topliss-reactive ketones (excluding diaryl/α,β-unsaturated/α-hetero) is 1. The van der Waals surface area contributed by atoms with Crippen molar-refractivity contribution in [3.8, 4) is 5.75 Å². The molecule has 10 heteroatoms. The van der Waals surface area contributed by atoms with Crippen molar-refractivity contribution < 1.29 is 33.4 Å². The first-order valence-corrected chi connectivity index (χ1v) is 11.9. The van der Waals surface area contributed by atoms with Gasteiger partial charge in [0, 0.05) is 17.5 Å². The van der Waals surface area contributed by atoms with Gasteiger partial charge >= 0.3 is 11.9 Å². The van der Waals surface area contributed by atoms with E-state index in [2.05, 4.69) is 4.98 Å². The summed E-state index contributed by atoms with van der Waals surface area (Å²) in [5.74, 6) is -3.05. The number of benzene rings is 2. The van der Waals surface area contributed by atoms with Gasteiger partial charge in [0.2, 0.25) is 0 Å². The molecule has 184 valence electrons. The number of ether oxygens (including phenoxy) is 2. The standard InChI is InChI=1S/C26H21FN2O6S/c1-12-10-15-11-14(8-9-18(15)35-12)21(30)19-20(16-6-4-5-7-17(16)27)29(24(32)22(19)31)26-28-13(2)23(36-26)25(33)34-3/h4-9,11-12,20,30H,10H2,1-3H3/b21-19+. The lowest BCUT2D eigenvalue weighted by molar-refractivity contribution is -0.132. The highest BCUT2D eigenvalue weighted by Gasteiger charge is 2.49. The SMILES string of the molecule is COC(=O)c1sc(N2C(=O)C(=O)/C(=C(/O)c3ccc4c(c3)CC(C)O4)C2c2ccccc2F)nc1C. The van der Waals surface area contributed by atoms with Crippen LogP contribution in [0, 0.1) is 12.7 Å². The lowest BCUT2D eigenvalue weighted by atomic mass is 9.94. The number of fused-ring (bicyclic) bond motifs is 1. The molecule has 1 fully saturated rings. The Labute approximate surface area is 209 Å². The number of thiazole rings is 1. The molecular weight excluding hydrogens is 487 g/mol. The Morgan fingerprint density at radius 3 is 2.72 bits per heavy atom. The number of esters is 1. The van der Waals surface area contributed by atoms with E-state index in [0.717, 1.165) is 21.8 Å². The summed E-state index contributed by atoms with van der Waals surface area (Å²) >= 11 is 0.850. The summed E-state index contributed by atoms with van der Waals surface area (Å²) in [6.07, 6.45) is 0.592. The van der Waals surface area contributed by atoms with Gasteiger partial charge in [-0.1, -0.05) is 29.5 Å². The van der Waals surface area contributed by atoms with Gasteiger partial charge in [-0.25, -0.2) is 14.2 Å². The highest BCUT2D eigenvalue weighted by molar-refractivity contribution is 7.17. The number of aryl methyl sites for hydroxylation is 1. The Hall–Kier alpha value is -4.05. The Bertz CT molecular complexity index is 1460. The van der Waals surface area contributed by atoms with Crippen molar-refractivity contribution in [3.63, 3.8) is 0 Å². The number of rotatable bonds is 4. The number of aliphatic hydroxyl groups excluding tert-OH is 1. The summed E-state index contributed by atoms with van der Waals surface area (Å²) in [7, 11) is 1.22. The number of anilines is 1. The van der Waals surface area contributed by atoms with Gasteiger partial charge in [0.25, 0.3) is 5.78 Å². The lowest BCUT2D eigenvalue weighted by Gasteiger charge is -2.23. The molecule has 36 heavy (non-hydrogen) atoms. The van der Waals surface area contributed by atoms with Crippen LogP contribution in [0.3, 0.4) is 0 Å². The molecule has 5 rings (SSSR count). The number of carbonyl (C=O) groups excluding carboxylic acids is 3. The zero-order valence-electron chi connectivity index (χ0n) is 19.6. The van der Waals surface area contributed by atoms with Gasteiger partial charge < -0.3 is 14.6 Å². The molecule has 0 aliphatic carbocycles. The van der Waals surface area contributed by atoms with E-state index in [1.807, 2.05) is 6.92 Å². The molecule has 0 saturated carbocycles. The fraction of sp³-hybridized carbons (Fsp3) is 0.231. The number of hydrogen-bond donors (Lipinski definition) is 1. The van der Waals surface area contributed by atoms with Gasteiger partial charge in [-0.3, -0.25) is 14.5 Å². The molecule has 2 atom stereocenters. The molecular formula is C26H21FN2O6S. The molecule has 2 aliphatic rings. The third kappa shape index (κ3) is 3.74. The second-order valence-electron chi connectivity index (χ2n) is 8.55. The average Bonchev–Trinajstić information content (AvgIpc) is 3.50. The van der Waals surface area contributed by atoms with Crippen LogP contribution in [0.2, 0.25) is 0 Å². The first-order chi connectivity index (χ1) is 17.2.